The van der Waals surface area contributed by atoms with Crippen molar-refractivity contribution in [2.45, 2.75) is 13.3 Å². The Bertz CT molecular complexity index is 508. The molecule has 0 aromatic carbocycles. The highest BCUT2D eigenvalue weighted by molar-refractivity contribution is 7.11. The minimum Gasteiger partial charge on any atom is -0.487 e. The van der Waals surface area contributed by atoms with E-state index in [9.17, 15) is 0 Å². The third-order valence-electron chi connectivity index (χ3n) is 2.40. The van der Waals surface area contributed by atoms with Crippen molar-refractivity contribution in [1.29, 1.82) is 0 Å². The van der Waals surface area contributed by atoms with Crippen LogP contribution in [0.4, 0.5) is 10.8 Å². The molecule has 0 saturated heterocycles. The van der Waals surface area contributed by atoms with Gasteiger partial charge in [-0.3, -0.25) is 0 Å². The Morgan fingerprint density at radius 1 is 1.56 bits per heavy atom. The second-order valence-corrected chi connectivity index (χ2v) is 4.47. The van der Waals surface area contributed by atoms with Gasteiger partial charge in [-0.25, -0.2) is 0 Å². The maximum Gasteiger partial charge on any atom is 0.197 e. The van der Waals surface area contributed by atoms with Gasteiger partial charge in [-0.05, 0) is 18.5 Å². The largest absolute Gasteiger partial charge is 0.487 e. The lowest BCUT2D eigenvalue weighted by molar-refractivity contribution is 0.344. The number of nitrogens with two attached hydrogens (primary N) is 1. The molecule has 0 bridgehead atoms. The fourth-order valence-corrected chi connectivity index (χ4v) is 2.20. The molecular weight excluding hydrogens is 252 g/mol. The van der Waals surface area contributed by atoms with Crippen LogP contribution in [-0.4, -0.2) is 32.3 Å². The van der Waals surface area contributed by atoms with E-state index in [0.29, 0.717) is 18.2 Å². The summed E-state index contributed by atoms with van der Waals surface area (Å²) in [6.07, 6.45) is 2.46. The monoisotopic (exact) mass is 268 g/mol. The number of ether oxygens (including phenoxy) is 1. The predicted octanol–water partition coefficient (Wildman–Crippen LogP) is 0.907. The van der Waals surface area contributed by atoms with Gasteiger partial charge in [0.1, 0.15) is 12.2 Å². The van der Waals surface area contributed by atoms with Gasteiger partial charge in [-0.1, -0.05) is 0 Å². The lowest BCUT2D eigenvalue weighted by Crippen LogP contribution is -2.08. The quantitative estimate of drug-likeness (QED) is 0.809. The van der Waals surface area contributed by atoms with Crippen LogP contribution in [0.15, 0.2) is 6.33 Å². The van der Waals surface area contributed by atoms with Gasteiger partial charge < -0.3 is 20.4 Å². The van der Waals surface area contributed by atoms with Crippen molar-refractivity contribution in [1.82, 2.24) is 19.1 Å². The molecule has 18 heavy (non-hydrogen) atoms. The molecule has 7 nitrogen and oxygen atoms in total. The van der Waals surface area contributed by atoms with Crippen LogP contribution in [0.5, 0.6) is 5.75 Å². The Kier molecular flexibility index (Phi) is 3.98. The zero-order chi connectivity index (χ0) is 13.0. The van der Waals surface area contributed by atoms with E-state index in [4.69, 9.17) is 10.5 Å². The van der Waals surface area contributed by atoms with Gasteiger partial charge in [0.2, 0.25) is 0 Å². The molecule has 0 saturated carbocycles. The summed E-state index contributed by atoms with van der Waals surface area (Å²) < 4.78 is 11.4. The number of hydrogen-bond acceptors (Lipinski definition) is 7. The average Bonchev–Trinajstić information content (AvgIpc) is 2.90. The van der Waals surface area contributed by atoms with Crippen molar-refractivity contribution in [3.05, 3.63) is 12.2 Å². The minimum atomic E-state index is 0.433. The van der Waals surface area contributed by atoms with Gasteiger partial charge >= 0.3 is 0 Å². The first kappa shape index (κ1) is 12.6. The fourth-order valence-electron chi connectivity index (χ4n) is 1.51. The van der Waals surface area contributed by atoms with E-state index in [2.05, 4.69) is 19.9 Å². The summed E-state index contributed by atoms with van der Waals surface area (Å²) in [4.78, 5) is 0. The normalized spacial score (nSPS) is 10.6. The highest BCUT2D eigenvalue weighted by atomic mass is 32.1. The van der Waals surface area contributed by atoms with E-state index in [1.807, 2.05) is 18.5 Å². The molecule has 2 aromatic rings. The number of aryl methyl sites for hydroxylation is 1. The molecule has 0 atom stereocenters. The van der Waals surface area contributed by atoms with Crippen LogP contribution in [-0.2, 0) is 13.5 Å². The van der Waals surface area contributed by atoms with Gasteiger partial charge in [0.05, 0.1) is 6.61 Å². The standard InChI is InChI=1S/C10H16N6OS/c1-3-17-8-9(11)15-18-10(8)12-5-4-7-14-13-6-16(7)2/h6,12H,3-5H2,1-2H3,(H2,11,15). The van der Waals surface area contributed by atoms with Gasteiger partial charge in [-0.2, -0.15) is 4.37 Å². The van der Waals surface area contributed by atoms with Crippen LogP contribution >= 0.6 is 11.5 Å². The topological polar surface area (TPSA) is 90.9 Å². The van der Waals surface area contributed by atoms with Crippen molar-refractivity contribution in [2.24, 2.45) is 7.05 Å². The maximum absolute atomic E-state index is 5.73. The number of rotatable bonds is 6. The van der Waals surface area contributed by atoms with Crippen LogP contribution in [0.2, 0.25) is 0 Å². The first-order valence-electron chi connectivity index (χ1n) is 5.67. The summed E-state index contributed by atoms with van der Waals surface area (Å²) in [5.41, 5.74) is 5.73. The zero-order valence-corrected chi connectivity index (χ0v) is 11.2. The van der Waals surface area contributed by atoms with Crippen molar-refractivity contribution in [2.75, 3.05) is 24.2 Å². The Morgan fingerprint density at radius 2 is 2.39 bits per heavy atom. The van der Waals surface area contributed by atoms with Gasteiger partial charge in [0.25, 0.3) is 0 Å². The number of aromatic nitrogens is 4. The van der Waals surface area contributed by atoms with Crippen LogP contribution in [0.25, 0.3) is 0 Å². The summed E-state index contributed by atoms with van der Waals surface area (Å²) in [6, 6.07) is 0. The van der Waals surface area contributed by atoms with E-state index in [1.54, 1.807) is 6.33 Å². The molecule has 0 unspecified atom stereocenters. The maximum atomic E-state index is 5.73. The lowest BCUT2D eigenvalue weighted by atomic mass is 10.4. The molecule has 0 aliphatic carbocycles. The molecule has 0 radical (unpaired) electrons. The highest BCUT2D eigenvalue weighted by Gasteiger charge is 2.12. The molecule has 0 spiro atoms. The number of nitrogens with one attached hydrogen (secondary N) is 1. The fraction of sp³-hybridized carbons (Fsp3) is 0.500. The van der Waals surface area contributed by atoms with Gasteiger partial charge in [-0.15, -0.1) is 10.2 Å². The van der Waals surface area contributed by atoms with Crippen molar-refractivity contribution in [3.8, 4) is 5.75 Å². The zero-order valence-electron chi connectivity index (χ0n) is 10.4. The van der Waals surface area contributed by atoms with Crippen LogP contribution in [0.3, 0.4) is 0 Å². The van der Waals surface area contributed by atoms with Crippen molar-refractivity contribution < 1.29 is 4.74 Å². The van der Waals surface area contributed by atoms with Crippen molar-refractivity contribution in [3.63, 3.8) is 0 Å². The van der Waals surface area contributed by atoms with E-state index >= 15 is 0 Å². The SMILES string of the molecule is CCOc1c(N)nsc1NCCc1nncn1C. The average molecular weight is 268 g/mol. The number of nitrogens with zero attached hydrogens (tertiary/aromatic N) is 4. The molecular formula is C10H16N6OS. The van der Waals surface area contributed by atoms with E-state index in [1.165, 1.54) is 11.5 Å². The smallest absolute Gasteiger partial charge is 0.197 e. The third kappa shape index (κ3) is 2.70. The second kappa shape index (κ2) is 5.67. The molecule has 2 rings (SSSR count). The van der Waals surface area contributed by atoms with Crippen LogP contribution in [0.1, 0.15) is 12.7 Å². The van der Waals surface area contributed by atoms with E-state index in [-0.39, 0.29) is 0 Å². The molecule has 8 heteroatoms. The lowest BCUT2D eigenvalue weighted by Gasteiger charge is -2.07. The van der Waals surface area contributed by atoms with Crippen LogP contribution in [0, 0.1) is 0 Å². The van der Waals surface area contributed by atoms with Crippen molar-refractivity contribution >= 4 is 22.4 Å². The molecule has 0 aliphatic rings. The predicted molar refractivity (Wildman–Crippen MR) is 70.9 cm³/mol. The summed E-state index contributed by atoms with van der Waals surface area (Å²) in [7, 11) is 1.92. The van der Waals surface area contributed by atoms with Crippen LogP contribution < -0.4 is 15.8 Å². The summed E-state index contributed by atoms with van der Waals surface area (Å²) in [5.74, 6) is 2.00. The summed E-state index contributed by atoms with van der Waals surface area (Å²) >= 11 is 1.30. The van der Waals surface area contributed by atoms with E-state index < -0.39 is 0 Å². The summed E-state index contributed by atoms with van der Waals surface area (Å²) in [5, 5.41) is 12.0. The molecule has 0 fully saturated rings. The molecule has 3 N–H and O–H groups in total. The molecule has 2 aromatic heterocycles. The molecule has 0 aliphatic heterocycles. The first-order chi connectivity index (χ1) is 8.72. The highest BCUT2D eigenvalue weighted by Crippen LogP contribution is 2.34. The Labute approximate surface area is 109 Å². The molecule has 2 heterocycles. The number of hydrogen-bond donors (Lipinski definition) is 2. The molecule has 0 amide bonds. The van der Waals surface area contributed by atoms with E-state index in [0.717, 1.165) is 23.8 Å². The Balaban J connectivity index is 1.92. The number of nitrogen functional groups attached to an aromatic ring is 1. The van der Waals surface area contributed by atoms with Gasteiger partial charge in [0, 0.05) is 20.0 Å². The third-order valence-corrected chi connectivity index (χ3v) is 3.20. The Hall–Kier alpha value is -1.83. The number of anilines is 2. The Morgan fingerprint density at radius 3 is 3.06 bits per heavy atom. The molecule has 98 valence electrons. The minimum absolute atomic E-state index is 0.433. The van der Waals surface area contributed by atoms with Gasteiger partial charge in [0.15, 0.2) is 16.6 Å². The first-order valence-corrected chi connectivity index (χ1v) is 6.44. The summed E-state index contributed by atoms with van der Waals surface area (Å²) in [6.45, 7) is 3.22. The second-order valence-electron chi connectivity index (χ2n) is 3.69.